The molecule has 24 heavy (non-hydrogen) atoms. The predicted octanol–water partition coefficient (Wildman–Crippen LogP) is 4.48. The number of esters is 1. The molecule has 4 nitrogen and oxygen atoms in total. The number of ether oxygens (including phenoxy) is 1. The van der Waals surface area contributed by atoms with E-state index in [0.29, 0.717) is 12.3 Å². The molecule has 0 aliphatic heterocycles. The molecule has 2 aromatic heterocycles. The van der Waals surface area contributed by atoms with Gasteiger partial charge in [0, 0.05) is 18.0 Å². The minimum absolute atomic E-state index is 0.100. The van der Waals surface area contributed by atoms with Crippen LogP contribution in [0.25, 0.3) is 16.8 Å². The van der Waals surface area contributed by atoms with Crippen molar-refractivity contribution in [1.29, 1.82) is 0 Å². The van der Waals surface area contributed by atoms with Gasteiger partial charge in [-0.05, 0) is 30.0 Å². The number of hydrogen-bond donors (Lipinski definition) is 0. The van der Waals surface area contributed by atoms with Crippen LogP contribution in [0.2, 0.25) is 0 Å². The molecular formula is C20H22N2O2. The van der Waals surface area contributed by atoms with Gasteiger partial charge in [-0.1, -0.05) is 45.0 Å². The van der Waals surface area contributed by atoms with Gasteiger partial charge in [0.2, 0.25) is 0 Å². The van der Waals surface area contributed by atoms with E-state index in [9.17, 15) is 4.79 Å². The van der Waals surface area contributed by atoms with E-state index < -0.39 is 5.97 Å². The molecule has 0 fully saturated rings. The normalized spacial score (nSPS) is 11.7. The van der Waals surface area contributed by atoms with Crippen LogP contribution in [0.1, 0.15) is 43.7 Å². The quantitative estimate of drug-likeness (QED) is 0.668. The maximum atomic E-state index is 12.1. The van der Waals surface area contributed by atoms with Crippen molar-refractivity contribution in [3.05, 3.63) is 60.0 Å². The fourth-order valence-corrected chi connectivity index (χ4v) is 2.69. The van der Waals surface area contributed by atoms with Gasteiger partial charge in [0.05, 0.1) is 17.8 Å². The van der Waals surface area contributed by atoms with Crippen molar-refractivity contribution in [3.63, 3.8) is 0 Å². The maximum Gasteiger partial charge on any atom is 0.358 e. The first-order chi connectivity index (χ1) is 11.4. The van der Waals surface area contributed by atoms with Gasteiger partial charge < -0.3 is 9.14 Å². The molecule has 124 valence electrons. The first kappa shape index (κ1) is 16.2. The number of carbonyl (C=O) groups is 1. The molecule has 4 heteroatoms. The van der Waals surface area contributed by atoms with E-state index in [-0.39, 0.29) is 5.41 Å². The van der Waals surface area contributed by atoms with Gasteiger partial charge in [-0.3, -0.25) is 0 Å². The fraction of sp³-hybridized carbons (Fsp3) is 0.300. The molecule has 0 unspecified atom stereocenters. The Kier molecular flexibility index (Phi) is 4.14. The van der Waals surface area contributed by atoms with Crippen LogP contribution in [0, 0.1) is 0 Å². The van der Waals surface area contributed by atoms with Gasteiger partial charge in [0.25, 0.3) is 0 Å². The number of rotatable bonds is 3. The lowest BCUT2D eigenvalue weighted by Crippen LogP contribution is -2.11. The molecule has 3 aromatic rings. The standard InChI is InChI=1S/C20H22N2O2/c1-5-24-19(23)16-13-22-12-6-7-17(22)18(21-16)14-8-10-15(11-9-14)20(2,3)4/h6-13H,5H2,1-4H3. The number of nitrogens with zero attached hydrogens (tertiary/aromatic N) is 2. The van der Waals surface area contributed by atoms with E-state index in [4.69, 9.17) is 4.74 Å². The van der Waals surface area contributed by atoms with Crippen LogP contribution < -0.4 is 0 Å². The highest BCUT2D eigenvalue weighted by Crippen LogP contribution is 2.28. The Morgan fingerprint density at radius 2 is 1.88 bits per heavy atom. The van der Waals surface area contributed by atoms with E-state index in [1.807, 2.05) is 22.7 Å². The van der Waals surface area contributed by atoms with E-state index >= 15 is 0 Å². The zero-order chi connectivity index (χ0) is 17.3. The van der Waals surface area contributed by atoms with E-state index in [1.165, 1.54) is 5.56 Å². The van der Waals surface area contributed by atoms with Crippen LogP contribution in [0.15, 0.2) is 48.8 Å². The zero-order valence-corrected chi connectivity index (χ0v) is 14.5. The van der Waals surface area contributed by atoms with Crippen molar-refractivity contribution >= 4 is 11.5 Å². The summed E-state index contributed by atoms with van der Waals surface area (Å²) in [6.45, 7) is 8.69. The van der Waals surface area contributed by atoms with Crippen LogP contribution in [-0.2, 0) is 10.2 Å². The van der Waals surface area contributed by atoms with Crippen LogP contribution in [0.5, 0.6) is 0 Å². The van der Waals surface area contributed by atoms with Gasteiger partial charge >= 0.3 is 5.97 Å². The number of fused-ring (bicyclic) bond motifs is 1. The number of carbonyl (C=O) groups excluding carboxylic acids is 1. The Bertz CT molecular complexity index is 871. The SMILES string of the molecule is CCOC(=O)c1cn2cccc2c(-c2ccc(C(C)(C)C)cc2)n1. The summed E-state index contributed by atoms with van der Waals surface area (Å²) in [6.07, 6.45) is 3.62. The van der Waals surface area contributed by atoms with E-state index in [1.54, 1.807) is 13.1 Å². The highest BCUT2D eigenvalue weighted by Gasteiger charge is 2.16. The Morgan fingerprint density at radius 3 is 2.50 bits per heavy atom. The molecule has 0 saturated heterocycles. The highest BCUT2D eigenvalue weighted by atomic mass is 16.5. The van der Waals surface area contributed by atoms with Gasteiger partial charge in [-0.2, -0.15) is 0 Å². The van der Waals surface area contributed by atoms with Gasteiger partial charge in [-0.15, -0.1) is 0 Å². The molecule has 0 bridgehead atoms. The molecular weight excluding hydrogens is 300 g/mol. The summed E-state index contributed by atoms with van der Waals surface area (Å²) in [7, 11) is 0. The summed E-state index contributed by atoms with van der Waals surface area (Å²) in [5.41, 5.74) is 4.41. The topological polar surface area (TPSA) is 43.6 Å². The third-order valence-electron chi connectivity index (χ3n) is 4.02. The summed E-state index contributed by atoms with van der Waals surface area (Å²) < 4.78 is 7.00. The first-order valence-corrected chi connectivity index (χ1v) is 8.16. The third-order valence-corrected chi connectivity index (χ3v) is 4.02. The lowest BCUT2D eigenvalue weighted by molar-refractivity contribution is 0.0519. The molecule has 0 aliphatic rings. The van der Waals surface area contributed by atoms with Crippen molar-refractivity contribution in [3.8, 4) is 11.3 Å². The molecule has 1 aromatic carbocycles. The predicted molar refractivity (Wildman–Crippen MR) is 95.3 cm³/mol. The zero-order valence-electron chi connectivity index (χ0n) is 14.5. The Morgan fingerprint density at radius 1 is 1.17 bits per heavy atom. The molecule has 0 N–H and O–H groups in total. The summed E-state index contributed by atoms with van der Waals surface area (Å²) >= 11 is 0. The molecule has 0 aliphatic carbocycles. The Hall–Kier alpha value is -2.62. The fourth-order valence-electron chi connectivity index (χ4n) is 2.69. The number of hydrogen-bond acceptors (Lipinski definition) is 3. The van der Waals surface area contributed by atoms with Crippen LogP contribution in [0.3, 0.4) is 0 Å². The molecule has 0 spiro atoms. The van der Waals surface area contributed by atoms with E-state index in [2.05, 4.69) is 50.0 Å². The van der Waals surface area contributed by atoms with E-state index in [0.717, 1.165) is 16.8 Å². The number of aromatic nitrogens is 2. The summed E-state index contributed by atoms with van der Waals surface area (Å²) in [6, 6.07) is 12.3. The highest BCUT2D eigenvalue weighted by molar-refractivity contribution is 5.89. The summed E-state index contributed by atoms with van der Waals surface area (Å²) in [5.74, 6) is -0.402. The minimum Gasteiger partial charge on any atom is -0.461 e. The largest absolute Gasteiger partial charge is 0.461 e. The van der Waals surface area contributed by atoms with Crippen molar-refractivity contribution in [2.45, 2.75) is 33.1 Å². The van der Waals surface area contributed by atoms with Gasteiger partial charge in [-0.25, -0.2) is 9.78 Å². The molecule has 0 saturated carbocycles. The van der Waals surface area contributed by atoms with Crippen molar-refractivity contribution in [2.24, 2.45) is 0 Å². The molecule has 0 amide bonds. The lowest BCUT2D eigenvalue weighted by Gasteiger charge is -2.19. The Labute approximate surface area is 142 Å². The second-order valence-corrected chi connectivity index (χ2v) is 6.82. The lowest BCUT2D eigenvalue weighted by atomic mass is 9.86. The second kappa shape index (κ2) is 6.11. The van der Waals surface area contributed by atoms with Crippen LogP contribution >= 0.6 is 0 Å². The smallest absolute Gasteiger partial charge is 0.358 e. The molecule has 0 atom stereocenters. The Balaban J connectivity index is 2.11. The van der Waals surface area contributed by atoms with Crippen LogP contribution in [0.4, 0.5) is 0 Å². The average Bonchev–Trinajstić information content (AvgIpc) is 3.02. The van der Waals surface area contributed by atoms with Crippen molar-refractivity contribution in [2.75, 3.05) is 6.61 Å². The molecule has 2 heterocycles. The summed E-state index contributed by atoms with van der Waals surface area (Å²) in [5, 5.41) is 0. The van der Waals surface area contributed by atoms with Gasteiger partial charge in [0.1, 0.15) is 0 Å². The van der Waals surface area contributed by atoms with Gasteiger partial charge in [0.15, 0.2) is 5.69 Å². The van der Waals surface area contributed by atoms with Crippen molar-refractivity contribution in [1.82, 2.24) is 9.38 Å². The second-order valence-electron chi connectivity index (χ2n) is 6.82. The molecule has 3 rings (SSSR count). The molecule has 0 radical (unpaired) electrons. The third kappa shape index (κ3) is 3.04. The monoisotopic (exact) mass is 322 g/mol. The first-order valence-electron chi connectivity index (χ1n) is 8.16. The maximum absolute atomic E-state index is 12.1. The average molecular weight is 322 g/mol. The minimum atomic E-state index is -0.402. The number of benzene rings is 1. The van der Waals surface area contributed by atoms with Crippen molar-refractivity contribution < 1.29 is 9.53 Å². The summed E-state index contributed by atoms with van der Waals surface area (Å²) in [4.78, 5) is 16.6. The van der Waals surface area contributed by atoms with Crippen LogP contribution in [-0.4, -0.2) is 22.0 Å².